The molecule has 4 rings (SSSR count). The Morgan fingerprint density at radius 2 is 1.72 bits per heavy atom. The zero-order valence-electron chi connectivity index (χ0n) is 15.2. The third kappa shape index (κ3) is 3.34. The number of hydrogen-bond donors (Lipinski definition) is 0. The van der Waals surface area contributed by atoms with Gasteiger partial charge in [0.1, 0.15) is 0 Å². The summed E-state index contributed by atoms with van der Waals surface area (Å²) in [5, 5.41) is 0. The van der Waals surface area contributed by atoms with Crippen molar-refractivity contribution in [1.29, 1.82) is 0 Å². The fraction of sp³-hybridized carbons (Fsp3) is 0.941. The van der Waals surface area contributed by atoms with Crippen molar-refractivity contribution in [3.63, 3.8) is 0 Å². The lowest BCUT2D eigenvalue weighted by Crippen LogP contribution is -2.54. The highest BCUT2D eigenvalue weighted by molar-refractivity contribution is 7.86. The van der Waals surface area contributed by atoms with Gasteiger partial charge in [0.25, 0.3) is 10.2 Å². The normalized spacial score (nSPS) is 33.5. The summed E-state index contributed by atoms with van der Waals surface area (Å²) in [4.78, 5) is 17.3. The Morgan fingerprint density at radius 3 is 2.40 bits per heavy atom. The number of piperazine rings is 1. The molecule has 1 saturated carbocycles. The maximum atomic E-state index is 13.1. The number of hydrogen-bond acceptors (Lipinski definition) is 4. The standard InChI is InChI=1S/C17H30N4O3S/c1-18-9-11-20(12-10-18)25(23,24)21-8-6-17(14-21)5-2-7-19(16(17)22)13-15-3-4-15/h15H,2-14H2,1H3/t17-/m1/s1. The first kappa shape index (κ1) is 17.7. The highest BCUT2D eigenvalue weighted by atomic mass is 32.2. The second-order valence-corrected chi connectivity index (χ2v) is 10.3. The van der Waals surface area contributed by atoms with Gasteiger partial charge in [-0.25, -0.2) is 0 Å². The fourth-order valence-corrected chi connectivity index (χ4v) is 6.21. The monoisotopic (exact) mass is 370 g/mol. The summed E-state index contributed by atoms with van der Waals surface area (Å²) in [6.07, 6.45) is 4.99. The lowest BCUT2D eigenvalue weighted by atomic mass is 9.78. The first-order chi connectivity index (χ1) is 11.9. The summed E-state index contributed by atoms with van der Waals surface area (Å²) in [7, 11) is -1.43. The van der Waals surface area contributed by atoms with Crippen molar-refractivity contribution in [3.05, 3.63) is 0 Å². The fourth-order valence-electron chi connectivity index (χ4n) is 4.53. The van der Waals surface area contributed by atoms with Crippen molar-refractivity contribution in [3.8, 4) is 0 Å². The molecule has 1 spiro atoms. The van der Waals surface area contributed by atoms with Gasteiger partial charge in [-0.05, 0) is 45.1 Å². The van der Waals surface area contributed by atoms with Gasteiger partial charge in [0.05, 0.1) is 5.41 Å². The zero-order valence-corrected chi connectivity index (χ0v) is 16.0. The predicted octanol–water partition coefficient (Wildman–Crippen LogP) is 0.203. The maximum absolute atomic E-state index is 13.1. The number of piperidine rings is 1. The van der Waals surface area contributed by atoms with Gasteiger partial charge >= 0.3 is 0 Å². The molecule has 0 aromatic rings. The van der Waals surface area contributed by atoms with E-state index in [2.05, 4.69) is 4.90 Å². The van der Waals surface area contributed by atoms with Crippen LogP contribution in [0.25, 0.3) is 0 Å². The van der Waals surface area contributed by atoms with Gasteiger partial charge in [-0.3, -0.25) is 4.79 Å². The first-order valence-electron chi connectivity index (χ1n) is 9.64. The average Bonchev–Trinajstić information content (AvgIpc) is 3.30. The van der Waals surface area contributed by atoms with E-state index >= 15 is 0 Å². The van der Waals surface area contributed by atoms with E-state index in [-0.39, 0.29) is 5.91 Å². The summed E-state index contributed by atoms with van der Waals surface area (Å²) in [6.45, 7) is 5.22. The molecule has 25 heavy (non-hydrogen) atoms. The molecular formula is C17H30N4O3S. The van der Waals surface area contributed by atoms with Crippen molar-refractivity contribution in [2.75, 3.05) is 59.4 Å². The molecular weight excluding hydrogens is 340 g/mol. The van der Waals surface area contributed by atoms with Gasteiger partial charge in [0.15, 0.2) is 0 Å². The number of likely N-dealkylation sites (tertiary alicyclic amines) is 1. The minimum Gasteiger partial charge on any atom is -0.342 e. The zero-order chi connectivity index (χ0) is 17.7. The Balaban J connectivity index is 1.45. The molecule has 0 N–H and O–H groups in total. The molecule has 0 aromatic heterocycles. The van der Waals surface area contributed by atoms with Crippen LogP contribution >= 0.6 is 0 Å². The summed E-state index contributed by atoms with van der Waals surface area (Å²) in [5.74, 6) is 0.896. The lowest BCUT2D eigenvalue weighted by molar-refractivity contribution is -0.145. The molecule has 0 unspecified atom stereocenters. The molecule has 8 heteroatoms. The first-order valence-corrected chi connectivity index (χ1v) is 11.0. The van der Waals surface area contributed by atoms with Gasteiger partial charge in [0, 0.05) is 52.4 Å². The van der Waals surface area contributed by atoms with E-state index in [9.17, 15) is 13.2 Å². The van der Waals surface area contributed by atoms with E-state index < -0.39 is 15.6 Å². The third-order valence-corrected chi connectivity index (χ3v) is 8.42. The van der Waals surface area contributed by atoms with Crippen LogP contribution in [0.4, 0.5) is 0 Å². The molecule has 1 amide bonds. The Labute approximate surface area is 151 Å². The summed E-state index contributed by atoms with van der Waals surface area (Å²) in [5.41, 5.74) is -0.465. The van der Waals surface area contributed by atoms with Crippen molar-refractivity contribution >= 4 is 16.1 Å². The Kier molecular flexibility index (Phi) is 4.58. The molecule has 3 aliphatic heterocycles. The number of nitrogens with zero attached hydrogens (tertiary/aromatic N) is 4. The van der Waals surface area contributed by atoms with Crippen LogP contribution in [0.15, 0.2) is 0 Å². The van der Waals surface area contributed by atoms with Gasteiger partial charge in [-0.2, -0.15) is 17.0 Å². The van der Waals surface area contributed by atoms with Crippen LogP contribution in [0.1, 0.15) is 32.1 Å². The number of likely N-dealkylation sites (N-methyl/N-ethyl adjacent to an activating group) is 1. The van der Waals surface area contributed by atoms with Gasteiger partial charge < -0.3 is 9.80 Å². The molecule has 1 aliphatic carbocycles. The van der Waals surface area contributed by atoms with E-state index in [0.29, 0.717) is 38.5 Å². The SMILES string of the molecule is CN1CCN(S(=O)(=O)N2CC[C@]3(CCCN(CC4CC4)C3=O)C2)CC1. The largest absolute Gasteiger partial charge is 0.342 e. The maximum Gasteiger partial charge on any atom is 0.282 e. The van der Waals surface area contributed by atoms with Gasteiger partial charge in [-0.15, -0.1) is 0 Å². The van der Waals surface area contributed by atoms with Crippen molar-refractivity contribution in [1.82, 2.24) is 18.4 Å². The van der Waals surface area contributed by atoms with Crippen LogP contribution in [0.5, 0.6) is 0 Å². The van der Waals surface area contributed by atoms with Gasteiger partial charge in [0.2, 0.25) is 5.91 Å². The summed E-state index contributed by atoms with van der Waals surface area (Å²) in [6, 6.07) is 0. The number of amides is 1. The topological polar surface area (TPSA) is 64.2 Å². The molecule has 3 saturated heterocycles. The average molecular weight is 371 g/mol. The molecule has 3 heterocycles. The van der Waals surface area contributed by atoms with Crippen LogP contribution in [0, 0.1) is 11.3 Å². The molecule has 4 aliphatic rings. The molecule has 0 bridgehead atoms. The van der Waals surface area contributed by atoms with Gasteiger partial charge in [-0.1, -0.05) is 0 Å². The Morgan fingerprint density at radius 1 is 1.00 bits per heavy atom. The van der Waals surface area contributed by atoms with E-state index in [1.54, 1.807) is 8.61 Å². The minimum absolute atomic E-state index is 0.210. The minimum atomic E-state index is -3.44. The summed E-state index contributed by atoms with van der Waals surface area (Å²) >= 11 is 0. The second kappa shape index (κ2) is 6.48. The molecule has 7 nitrogen and oxygen atoms in total. The second-order valence-electron chi connectivity index (χ2n) is 8.37. The molecule has 0 radical (unpaired) electrons. The van der Waals surface area contributed by atoms with Crippen LogP contribution in [-0.2, 0) is 15.0 Å². The Bertz CT molecular complexity index is 628. The van der Waals surface area contributed by atoms with Crippen LogP contribution < -0.4 is 0 Å². The number of rotatable bonds is 4. The van der Waals surface area contributed by atoms with E-state index in [4.69, 9.17) is 0 Å². The summed E-state index contributed by atoms with van der Waals surface area (Å²) < 4.78 is 29.2. The third-order valence-electron chi connectivity index (χ3n) is 6.43. The number of carbonyl (C=O) groups is 1. The van der Waals surface area contributed by atoms with E-state index in [0.717, 1.165) is 39.0 Å². The highest BCUT2D eigenvalue weighted by Crippen LogP contribution is 2.42. The van der Waals surface area contributed by atoms with E-state index in [1.807, 2.05) is 11.9 Å². The smallest absolute Gasteiger partial charge is 0.282 e. The molecule has 0 aromatic carbocycles. The predicted molar refractivity (Wildman–Crippen MR) is 95.2 cm³/mol. The quantitative estimate of drug-likeness (QED) is 0.709. The molecule has 1 atom stereocenters. The molecule has 142 valence electrons. The van der Waals surface area contributed by atoms with Crippen LogP contribution in [0.3, 0.4) is 0 Å². The molecule has 4 fully saturated rings. The Hall–Kier alpha value is -0.700. The van der Waals surface area contributed by atoms with Crippen molar-refractivity contribution in [2.45, 2.75) is 32.1 Å². The highest BCUT2D eigenvalue weighted by Gasteiger charge is 2.52. The van der Waals surface area contributed by atoms with Crippen LogP contribution in [0.2, 0.25) is 0 Å². The lowest BCUT2D eigenvalue weighted by Gasteiger charge is -2.40. The van der Waals surface area contributed by atoms with E-state index in [1.165, 1.54) is 12.8 Å². The van der Waals surface area contributed by atoms with Crippen molar-refractivity contribution < 1.29 is 13.2 Å². The van der Waals surface area contributed by atoms with Crippen molar-refractivity contribution in [2.24, 2.45) is 11.3 Å². The van der Waals surface area contributed by atoms with Crippen LogP contribution in [-0.4, -0.2) is 92.1 Å². The number of carbonyl (C=O) groups excluding carboxylic acids is 1.